The normalized spacial score (nSPS) is 10.4. The Morgan fingerprint density at radius 1 is 1.14 bits per heavy atom. The van der Waals surface area contributed by atoms with Crippen LogP contribution in [0.25, 0.3) is 0 Å². The SMILES string of the molecule is COCCCNc1cc(C)nc(NCc2ccncc2)n1. The summed E-state index contributed by atoms with van der Waals surface area (Å²) < 4.78 is 5.02. The van der Waals surface area contributed by atoms with Crippen molar-refractivity contribution >= 4 is 11.8 Å². The smallest absolute Gasteiger partial charge is 0.225 e. The fraction of sp³-hybridized carbons (Fsp3) is 0.400. The van der Waals surface area contributed by atoms with Crippen molar-refractivity contribution in [1.82, 2.24) is 15.0 Å². The van der Waals surface area contributed by atoms with E-state index in [1.54, 1.807) is 19.5 Å². The molecule has 0 amide bonds. The van der Waals surface area contributed by atoms with Gasteiger partial charge >= 0.3 is 0 Å². The van der Waals surface area contributed by atoms with Gasteiger partial charge in [0.2, 0.25) is 5.95 Å². The highest BCUT2D eigenvalue weighted by molar-refractivity contribution is 5.42. The van der Waals surface area contributed by atoms with Crippen LogP contribution in [0.3, 0.4) is 0 Å². The molecular weight excluding hydrogens is 266 g/mol. The van der Waals surface area contributed by atoms with Crippen molar-refractivity contribution in [2.24, 2.45) is 0 Å². The van der Waals surface area contributed by atoms with E-state index in [0.717, 1.165) is 36.6 Å². The van der Waals surface area contributed by atoms with Crippen LogP contribution in [0.4, 0.5) is 11.8 Å². The highest BCUT2D eigenvalue weighted by Crippen LogP contribution is 2.10. The zero-order chi connectivity index (χ0) is 14.9. The van der Waals surface area contributed by atoms with Gasteiger partial charge in [0, 0.05) is 51.0 Å². The number of hydrogen-bond donors (Lipinski definition) is 2. The average Bonchev–Trinajstić information content (AvgIpc) is 2.50. The summed E-state index contributed by atoms with van der Waals surface area (Å²) in [6.07, 6.45) is 4.49. The van der Waals surface area contributed by atoms with Crippen LogP contribution in [-0.2, 0) is 11.3 Å². The third-order valence-electron chi connectivity index (χ3n) is 2.89. The Labute approximate surface area is 125 Å². The molecule has 0 bridgehead atoms. The summed E-state index contributed by atoms with van der Waals surface area (Å²) in [4.78, 5) is 12.8. The van der Waals surface area contributed by atoms with Gasteiger partial charge in [0.05, 0.1) is 0 Å². The quantitative estimate of drug-likeness (QED) is 0.726. The van der Waals surface area contributed by atoms with E-state index in [-0.39, 0.29) is 0 Å². The number of aryl methyl sites for hydroxylation is 1. The Hall–Kier alpha value is -2.21. The summed E-state index contributed by atoms with van der Waals surface area (Å²) in [5.74, 6) is 1.46. The molecule has 0 unspecified atom stereocenters. The van der Waals surface area contributed by atoms with Crippen molar-refractivity contribution in [3.8, 4) is 0 Å². The van der Waals surface area contributed by atoms with E-state index in [1.165, 1.54) is 0 Å². The van der Waals surface area contributed by atoms with Crippen LogP contribution in [0.2, 0.25) is 0 Å². The Kier molecular flexibility index (Phi) is 5.90. The molecule has 2 rings (SSSR count). The third-order valence-corrected chi connectivity index (χ3v) is 2.89. The maximum atomic E-state index is 5.02. The molecule has 0 atom stereocenters. The lowest BCUT2D eigenvalue weighted by atomic mass is 10.3. The van der Waals surface area contributed by atoms with Crippen LogP contribution in [0.15, 0.2) is 30.6 Å². The second-order valence-electron chi connectivity index (χ2n) is 4.70. The predicted octanol–water partition coefficient (Wildman–Crippen LogP) is 2.24. The molecule has 0 saturated carbocycles. The van der Waals surface area contributed by atoms with E-state index < -0.39 is 0 Å². The standard InChI is InChI=1S/C15H21N5O/c1-12-10-14(17-6-3-9-21-2)20-15(19-12)18-11-13-4-7-16-8-5-13/h4-5,7-8,10H,3,6,9,11H2,1-2H3,(H2,17,18,19,20). The Morgan fingerprint density at radius 2 is 1.95 bits per heavy atom. The van der Waals surface area contributed by atoms with Crippen LogP contribution < -0.4 is 10.6 Å². The summed E-state index contributed by atoms with van der Waals surface area (Å²) >= 11 is 0. The van der Waals surface area contributed by atoms with Crippen molar-refractivity contribution in [3.63, 3.8) is 0 Å². The van der Waals surface area contributed by atoms with Gasteiger partial charge in [0.15, 0.2) is 0 Å². The van der Waals surface area contributed by atoms with E-state index in [9.17, 15) is 0 Å². The number of ether oxygens (including phenoxy) is 1. The molecule has 0 radical (unpaired) electrons. The Balaban J connectivity index is 1.91. The summed E-state index contributed by atoms with van der Waals surface area (Å²) in [5.41, 5.74) is 2.07. The number of hydrogen-bond acceptors (Lipinski definition) is 6. The fourth-order valence-corrected chi connectivity index (χ4v) is 1.85. The van der Waals surface area contributed by atoms with Crippen molar-refractivity contribution in [2.75, 3.05) is 30.9 Å². The molecule has 21 heavy (non-hydrogen) atoms. The number of aromatic nitrogens is 3. The first-order valence-corrected chi connectivity index (χ1v) is 6.99. The van der Waals surface area contributed by atoms with Gasteiger partial charge in [-0.2, -0.15) is 4.98 Å². The third kappa shape index (κ3) is 5.35. The van der Waals surface area contributed by atoms with Crippen LogP contribution in [-0.4, -0.2) is 35.2 Å². The van der Waals surface area contributed by atoms with E-state index in [2.05, 4.69) is 25.6 Å². The van der Waals surface area contributed by atoms with Gasteiger partial charge in [-0.1, -0.05) is 0 Å². The molecule has 2 aromatic heterocycles. The summed E-state index contributed by atoms with van der Waals surface area (Å²) in [5, 5.41) is 6.51. The lowest BCUT2D eigenvalue weighted by molar-refractivity contribution is 0.198. The molecule has 2 N–H and O–H groups in total. The van der Waals surface area contributed by atoms with Crippen molar-refractivity contribution in [1.29, 1.82) is 0 Å². The Morgan fingerprint density at radius 3 is 2.71 bits per heavy atom. The molecule has 0 spiro atoms. The first-order chi connectivity index (χ1) is 10.3. The van der Waals surface area contributed by atoms with Gasteiger partial charge in [0.1, 0.15) is 5.82 Å². The molecule has 2 heterocycles. The average molecular weight is 287 g/mol. The summed E-state index contributed by atoms with van der Waals surface area (Å²) in [6, 6.07) is 5.86. The minimum atomic E-state index is 0.626. The molecule has 0 saturated heterocycles. The number of pyridine rings is 1. The van der Waals surface area contributed by atoms with Crippen LogP contribution >= 0.6 is 0 Å². The number of nitrogens with zero attached hydrogens (tertiary/aromatic N) is 3. The molecule has 0 aromatic carbocycles. The molecule has 6 nitrogen and oxygen atoms in total. The zero-order valence-electron chi connectivity index (χ0n) is 12.5. The van der Waals surface area contributed by atoms with E-state index in [1.807, 2.05) is 25.1 Å². The molecule has 0 aliphatic heterocycles. The van der Waals surface area contributed by atoms with Crippen LogP contribution in [0, 0.1) is 6.92 Å². The van der Waals surface area contributed by atoms with Gasteiger partial charge in [-0.15, -0.1) is 0 Å². The van der Waals surface area contributed by atoms with Crippen molar-refractivity contribution in [3.05, 3.63) is 41.9 Å². The minimum absolute atomic E-state index is 0.626. The highest BCUT2D eigenvalue weighted by Gasteiger charge is 2.02. The molecule has 0 aliphatic rings. The maximum Gasteiger partial charge on any atom is 0.225 e. The van der Waals surface area contributed by atoms with E-state index in [0.29, 0.717) is 12.5 Å². The number of rotatable bonds is 8. The second-order valence-corrected chi connectivity index (χ2v) is 4.70. The number of methoxy groups -OCH3 is 1. The summed E-state index contributed by atoms with van der Waals surface area (Å²) in [6.45, 7) is 4.20. The topological polar surface area (TPSA) is 72.0 Å². The van der Waals surface area contributed by atoms with E-state index in [4.69, 9.17) is 4.74 Å². The van der Waals surface area contributed by atoms with Crippen molar-refractivity contribution < 1.29 is 4.74 Å². The van der Waals surface area contributed by atoms with E-state index >= 15 is 0 Å². The number of anilines is 2. The highest BCUT2D eigenvalue weighted by atomic mass is 16.5. The van der Waals surface area contributed by atoms with Crippen LogP contribution in [0.5, 0.6) is 0 Å². The lowest BCUT2D eigenvalue weighted by Crippen LogP contribution is -2.10. The number of nitrogens with one attached hydrogen (secondary N) is 2. The molecule has 0 fully saturated rings. The minimum Gasteiger partial charge on any atom is -0.385 e. The van der Waals surface area contributed by atoms with Gasteiger partial charge in [-0.05, 0) is 31.0 Å². The summed E-state index contributed by atoms with van der Waals surface area (Å²) in [7, 11) is 1.70. The molecular formula is C15H21N5O. The van der Waals surface area contributed by atoms with Gasteiger partial charge in [-0.3, -0.25) is 4.98 Å². The van der Waals surface area contributed by atoms with Crippen molar-refractivity contribution in [2.45, 2.75) is 19.9 Å². The first-order valence-electron chi connectivity index (χ1n) is 6.99. The zero-order valence-corrected chi connectivity index (χ0v) is 12.5. The fourth-order valence-electron chi connectivity index (χ4n) is 1.85. The van der Waals surface area contributed by atoms with Gasteiger partial charge in [-0.25, -0.2) is 4.98 Å². The first kappa shape index (κ1) is 15.2. The second kappa shape index (κ2) is 8.16. The largest absolute Gasteiger partial charge is 0.385 e. The Bertz CT molecular complexity index is 547. The monoisotopic (exact) mass is 287 g/mol. The van der Waals surface area contributed by atoms with Gasteiger partial charge in [0.25, 0.3) is 0 Å². The molecule has 2 aromatic rings. The maximum absolute atomic E-state index is 5.02. The molecule has 0 aliphatic carbocycles. The molecule has 6 heteroatoms. The lowest BCUT2D eigenvalue weighted by Gasteiger charge is -2.10. The predicted molar refractivity (Wildman–Crippen MR) is 83.3 cm³/mol. The van der Waals surface area contributed by atoms with Crippen LogP contribution in [0.1, 0.15) is 17.7 Å². The van der Waals surface area contributed by atoms with Gasteiger partial charge < -0.3 is 15.4 Å². The molecule has 112 valence electrons.